The zero-order valence-corrected chi connectivity index (χ0v) is 11.0. The van der Waals surface area contributed by atoms with E-state index in [4.69, 9.17) is 14.6 Å². The first-order chi connectivity index (χ1) is 8.38. The molecule has 2 N–H and O–H groups in total. The summed E-state index contributed by atoms with van der Waals surface area (Å²) >= 11 is 0. The Labute approximate surface area is 105 Å². The summed E-state index contributed by atoms with van der Waals surface area (Å²) in [5.41, 5.74) is 4.32. The fourth-order valence-electron chi connectivity index (χ4n) is 1.44. The van der Waals surface area contributed by atoms with Crippen molar-refractivity contribution < 1.29 is 23.2 Å². The van der Waals surface area contributed by atoms with E-state index in [2.05, 4.69) is 0 Å². The van der Waals surface area contributed by atoms with Gasteiger partial charge in [-0.05, 0) is 0 Å². The molecule has 0 fully saturated rings. The van der Waals surface area contributed by atoms with Crippen molar-refractivity contribution in [2.24, 2.45) is 5.73 Å². The molecular weight excluding hydrogens is 254 g/mol. The molecule has 96 valence electrons. The predicted octanol–water partition coefficient (Wildman–Crippen LogP) is 0.122. The molecule has 1 aromatic carbocycles. The maximum Gasteiger partial charge on any atom is 0.594 e. The van der Waals surface area contributed by atoms with Gasteiger partial charge in [-0.2, -0.15) is 0 Å². The average molecular weight is 267 g/mol. The number of rotatable bonds is 4. The quantitative estimate of drug-likeness (QED) is 0.782. The maximum absolute atomic E-state index is 11.6. The Morgan fingerprint density at radius 1 is 1.00 bits per heavy atom. The Hall–Kier alpha value is -2.15. The van der Waals surface area contributed by atoms with Crippen LogP contribution >= 0.6 is 0 Å². The number of carbonyl (C=O) groups is 3. The van der Waals surface area contributed by atoms with Gasteiger partial charge in [-0.3, -0.25) is 14.4 Å². The third kappa shape index (κ3) is 2.95. The molecule has 0 saturated heterocycles. The molecule has 18 heavy (non-hydrogen) atoms. The third-order valence-corrected chi connectivity index (χ3v) is 4.95. The second-order valence-corrected chi connectivity index (χ2v) is 6.25. The molecule has 0 radical (unpaired) electrons. The molecule has 7 heteroatoms. The van der Waals surface area contributed by atoms with Gasteiger partial charge in [-0.25, -0.2) is 0 Å². The molecule has 1 rings (SSSR count). The molecule has 0 aliphatic rings. The van der Waals surface area contributed by atoms with E-state index in [0.29, 0.717) is 5.19 Å². The summed E-state index contributed by atoms with van der Waals surface area (Å²) in [6.45, 7) is 2.24. The minimum absolute atomic E-state index is 0.308. The van der Waals surface area contributed by atoms with Gasteiger partial charge in [-0.15, -0.1) is 0 Å². The predicted molar refractivity (Wildman–Crippen MR) is 64.9 cm³/mol. The number of nitrogens with two attached hydrogens (primary N) is 1. The van der Waals surface area contributed by atoms with Crippen LogP contribution in [0.1, 0.15) is 13.8 Å². The summed E-state index contributed by atoms with van der Waals surface area (Å²) < 4.78 is 9.96. The molecular formula is C11H13NO5Si. The van der Waals surface area contributed by atoms with Crippen LogP contribution in [0.25, 0.3) is 0 Å². The van der Waals surface area contributed by atoms with Crippen molar-refractivity contribution in [2.45, 2.75) is 13.8 Å². The highest BCUT2D eigenvalue weighted by atomic mass is 28.4. The van der Waals surface area contributed by atoms with Gasteiger partial charge in [0.2, 0.25) is 0 Å². The second kappa shape index (κ2) is 5.45. The number of amides is 1. The lowest BCUT2D eigenvalue weighted by molar-refractivity contribution is -0.138. The first-order valence-electron chi connectivity index (χ1n) is 5.13. The second-order valence-electron chi connectivity index (χ2n) is 3.53. The minimum Gasteiger partial charge on any atom is -0.476 e. The largest absolute Gasteiger partial charge is 0.594 e. The molecule has 6 nitrogen and oxygen atoms in total. The van der Waals surface area contributed by atoms with Gasteiger partial charge in [-0.1, -0.05) is 30.3 Å². The van der Waals surface area contributed by atoms with E-state index in [1.165, 1.54) is 12.1 Å². The fourth-order valence-corrected chi connectivity index (χ4v) is 3.65. The Balaban J connectivity index is 3.33. The van der Waals surface area contributed by atoms with Gasteiger partial charge in [0.15, 0.2) is 0 Å². The van der Waals surface area contributed by atoms with Gasteiger partial charge < -0.3 is 14.6 Å². The number of primary amides is 1. The van der Waals surface area contributed by atoms with E-state index in [0.717, 1.165) is 13.8 Å². The maximum atomic E-state index is 11.6. The van der Waals surface area contributed by atoms with Gasteiger partial charge >= 0.3 is 8.56 Å². The first-order valence-corrected chi connectivity index (χ1v) is 6.94. The topological polar surface area (TPSA) is 95.7 Å². The Kier molecular flexibility index (Phi) is 4.21. The normalized spacial score (nSPS) is 10.6. The smallest absolute Gasteiger partial charge is 0.476 e. The van der Waals surface area contributed by atoms with Gasteiger partial charge in [0, 0.05) is 19.0 Å². The van der Waals surface area contributed by atoms with Crippen molar-refractivity contribution in [2.75, 3.05) is 0 Å². The number of hydrogen-bond donors (Lipinski definition) is 1. The standard InChI is InChI=1S/C11H13NO5Si/c1-8(13)16-18(11(12)15,17-9(2)14)10-6-4-3-5-7-10/h3-7H,1-2H3,(H2,12,15). The molecule has 1 amide bonds. The van der Waals surface area contributed by atoms with Gasteiger partial charge in [0.1, 0.15) is 0 Å². The van der Waals surface area contributed by atoms with Crippen LogP contribution < -0.4 is 10.9 Å². The summed E-state index contributed by atoms with van der Waals surface area (Å²) in [6.07, 6.45) is 0. The van der Waals surface area contributed by atoms with Crippen LogP contribution in [0.4, 0.5) is 4.79 Å². The monoisotopic (exact) mass is 267 g/mol. The van der Waals surface area contributed by atoms with Crippen LogP contribution in [-0.2, 0) is 18.4 Å². The molecule has 0 unspecified atom stereocenters. The van der Waals surface area contributed by atoms with Crippen LogP contribution in [0, 0.1) is 0 Å². The van der Waals surface area contributed by atoms with E-state index in [1.807, 2.05) is 0 Å². The molecule has 1 aromatic rings. The van der Waals surface area contributed by atoms with Crippen molar-refractivity contribution in [1.82, 2.24) is 0 Å². The Bertz CT molecular complexity index is 458. The summed E-state index contributed by atoms with van der Waals surface area (Å²) in [5.74, 6) is -1.46. The summed E-state index contributed by atoms with van der Waals surface area (Å²) in [4.78, 5) is 33.9. The van der Waals surface area contributed by atoms with E-state index < -0.39 is 26.0 Å². The van der Waals surface area contributed by atoms with Crippen LogP contribution in [0.5, 0.6) is 0 Å². The number of hydrogen-bond acceptors (Lipinski definition) is 5. The van der Waals surface area contributed by atoms with Crippen LogP contribution in [-0.4, -0.2) is 26.0 Å². The Morgan fingerprint density at radius 2 is 1.44 bits per heavy atom. The summed E-state index contributed by atoms with van der Waals surface area (Å²) in [6, 6.07) is 8.04. The van der Waals surface area contributed by atoms with Gasteiger partial charge in [0.25, 0.3) is 17.5 Å². The zero-order valence-electron chi connectivity index (χ0n) is 10.0. The molecule has 0 spiro atoms. The molecule has 0 saturated carbocycles. The van der Waals surface area contributed by atoms with E-state index in [9.17, 15) is 14.4 Å². The number of benzene rings is 1. The van der Waals surface area contributed by atoms with Crippen molar-refractivity contribution >= 4 is 31.2 Å². The minimum atomic E-state index is -3.94. The summed E-state index contributed by atoms with van der Waals surface area (Å²) in [5, 5.41) is 0.308. The van der Waals surface area contributed by atoms with Crippen molar-refractivity contribution in [3.05, 3.63) is 30.3 Å². The fraction of sp³-hybridized carbons (Fsp3) is 0.182. The molecule has 0 atom stereocenters. The highest BCUT2D eigenvalue weighted by molar-refractivity contribution is 7.07. The van der Waals surface area contributed by atoms with Crippen molar-refractivity contribution in [3.8, 4) is 0 Å². The molecule has 0 heterocycles. The average Bonchev–Trinajstić information content (AvgIpc) is 2.27. The zero-order chi connectivity index (χ0) is 13.8. The Morgan fingerprint density at radius 3 is 1.78 bits per heavy atom. The third-order valence-electron chi connectivity index (χ3n) is 2.05. The van der Waals surface area contributed by atoms with E-state index in [1.54, 1.807) is 18.2 Å². The highest BCUT2D eigenvalue weighted by Gasteiger charge is 2.54. The van der Waals surface area contributed by atoms with E-state index in [-0.39, 0.29) is 0 Å². The van der Waals surface area contributed by atoms with Gasteiger partial charge in [0.05, 0.1) is 0 Å². The molecule has 0 aromatic heterocycles. The number of carbonyl (C=O) groups excluding carboxylic acids is 3. The lowest BCUT2D eigenvalue weighted by atomic mass is 10.4. The van der Waals surface area contributed by atoms with Crippen LogP contribution in [0.15, 0.2) is 30.3 Å². The lowest BCUT2D eigenvalue weighted by Gasteiger charge is -2.25. The molecule has 0 aliphatic carbocycles. The SMILES string of the molecule is CC(=O)O[Si](OC(C)=O)(C(N)=O)c1ccccc1. The van der Waals surface area contributed by atoms with Crippen LogP contribution in [0.2, 0.25) is 0 Å². The van der Waals surface area contributed by atoms with Crippen molar-refractivity contribution in [3.63, 3.8) is 0 Å². The first kappa shape index (κ1) is 13.9. The molecule has 0 bridgehead atoms. The van der Waals surface area contributed by atoms with Crippen molar-refractivity contribution in [1.29, 1.82) is 0 Å². The molecule has 0 aliphatic heterocycles. The van der Waals surface area contributed by atoms with Crippen LogP contribution in [0.3, 0.4) is 0 Å². The lowest BCUT2D eigenvalue weighted by Crippen LogP contribution is -2.64. The summed E-state index contributed by atoms with van der Waals surface area (Å²) in [7, 11) is -3.94. The van der Waals surface area contributed by atoms with E-state index >= 15 is 0 Å². The highest BCUT2D eigenvalue weighted by Crippen LogP contribution is 2.10.